The van der Waals surface area contributed by atoms with Crippen LogP contribution in [0.4, 0.5) is 5.69 Å². The number of aromatic nitrogens is 1. The van der Waals surface area contributed by atoms with Gasteiger partial charge in [0.05, 0.1) is 5.56 Å². The maximum atomic E-state index is 12.5. The van der Waals surface area contributed by atoms with Crippen molar-refractivity contribution in [1.29, 1.82) is 0 Å². The Kier molecular flexibility index (Phi) is 4.94. The molecule has 0 saturated heterocycles. The van der Waals surface area contributed by atoms with E-state index in [-0.39, 0.29) is 0 Å². The highest BCUT2D eigenvalue weighted by molar-refractivity contribution is 6.05. The second-order valence-corrected chi connectivity index (χ2v) is 6.15. The molecule has 1 heterocycles. The van der Waals surface area contributed by atoms with E-state index in [9.17, 15) is 14.4 Å². The second kappa shape index (κ2) is 7.33. The van der Waals surface area contributed by atoms with Crippen molar-refractivity contribution < 1.29 is 19.1 Å². The fourth-order valence-corrected chi connectivity index (χ4v) is 2.74. The highest BCUT2D eigenvalue weighted by Gasteiger charge is 2.22. The Hall–Kier alpha value is -3.61. The van der Waals surface area contributed by atoms with Gasteiger partial charge in [-0.3, -0.25) is 9.59 Å². The topological polar surface area (TPSA) is 103 Å². The van der Waals surface area contributed by atoms with Gasteiger partial charge in [0, 0.05) is 35.4 Å². The molecule has 1 unspecified atom stereocenters. The lowest BCUT2D eigenvalue weighted by Crippen LogP contribution is -2.30. The number of carbonyl (C=O) groups excluding carboxylic acids is 3. The van der Waals surface area contributed by atoms with Gasteiger partial charge in [0.15, 0.2) is 6.10 Å². The molecule has 0 spiro atoms. The number of ether oxygens (including phenoxy) is 1. The minimum absolute atomic E-state index is 0.337. The van der Waals surface area contributed by atoms with E-state index in [0.29, 0.717) is 16.8 Å². The average Bonchev–Trinajstić information content (AvgIpc) is 2.99. The number of carbonyl (C=O) groups is 3. The number of esters is 1. The number of nitrogens with zero attached hydrogens (tertiary/aromatic N) is 1. The van der Waals surface area contributed by atoms with E-state index in [1.54, 1.807) is 18.3 Å². The van der Waals surface area contributed by atoms with Gasteiger partial charge in [-0.1, -0.05) is 18.2 Å². The van der Waals surface area contributed by atoms with Crippen LogP contribution in [0.15, 0.2) is 54.7 Å². The zero-order valence-corrected chi connectivity index (χ0v) is 14.9. The Balaban J connectivity index is 1.68. The molecule has 2 amide bonds. The van der Waals surface area contributed by atoms with Gasteiger partial charge in [-0.2, -0.15) is 0 Å². The van der Waals surface area contributed by atoms with Gasteiger partial charge in [-0.25, -0.2) is 4.79 Å². The van der Waals surface area contributed by atoms with Crippen molar-refractivity contribution >= 4 is 34.4 Å². The average molecular weight is 365 g/mol. The number of aryl methyl sites for hydroxylation is 1. The second-order valence-electron chi connectivity index (χ2n) is 6.15. The quantitative estimate of drug-likeness (QED) is 0.678. The molecule has 0 bridgehead atoms. The van der Waals surface area contributed by atoms with Gasteiger partial charge in [0.2, 0.25) is 5.91 Å². The van der Waals surface area contributed by atoms with Crippen LogP contribution in [0.2, 0.25) is 0 Å². The van der Waals surface area contributed by atoms with Crippen molar-refractivity contribution in [3.8, 4) is 0 Å². The summed E-state index contributed by atoms with van der Waals surface area (Å²) in [6.07, 6.45) is 0.687. The molecule has 3 N–H and O–H groups in total. The van der Waals surface area contributed by atoms with Crippen LogP contribution in [-0.2, 0) is 16.6 Å². The third-order valence-electron chi connectivity index (χ3n) is 4.21. The normalized spacial score (nSPS) is 11.8. The maximum absolute atomic E-state index is 12.5. The molecular formula is C20H19N3O4. The van der Waals surface area contributed by atoms with Crippen molar-refractivity contribution in [3.63, 3.8) is 0 Å². The molecule has 0 aliphatic heterocycles. The Morgan fingerprint density at radius 2 is 1.74 bits per heavy atom. The van der Waals surface area contributed by atoms with Crippen LogP contribution in [0.5, 0.6) is 0 Å². The summed E-state index contributed by atoms with van der Waals surface area (Å²) in [4.78, 5) is 35.8. The number of nitrogens with two attached hydrogens (primary N) is 1. The molecule has 0 aliphatic rings. The summed E-state index contributed by atoms with van der Waals surface area (Å²) >= 11 is 0. The van der Waals surface area contributed by atoms with Crippen molar-refractivity contribution in [2.24, 2.45) is 12.8 Å². The maximum Gasteiger partial charge on any atom is 0.341 e. The third kappa shape index (κ3) is 3.82. The third-order valence-corrected chi connectivity index (χ3v) is 4.21. The van der Waals surface area contributed by atoms with Crippen molar-refractivity contribution in [1.82, 2.24) is 4.57 Å². The monoisotopic (exact) mass is 365 g/mol. The summed E-state index contributed by atoms with van der Waals surface area (Å²) in [6.45, 7) is 1.50. The van der Waals surface area contributed by atoms with Crippen LogP contribution in [-0.4, -0.2) is 28.5 Å². The number of primary amides is 1. The number of amides is 2. The van der Waals surface area contributed by atoms with Gasteiger partial charge < -0.3 is 20.4 Å². The Bertz CT molecular complexity index is 1020. The van der Waals surface area contributed by atoms with Crippen LogP contribution < -0.4 is 11.1 Å². The van der Waals surface area contributed by atoms with Gasteiger partial charge in [0.25, 0.3) is 5.91 Å². The minimum atomic E-state index is -0.993. The molecule has 3 aromatic rings. The SMILES string of the molecule is CC(OC(=O)c1cn(C)c2ccccc12)C(=O)Nc1ccc(C(N)=O)cc1. The van der Waals surface area contributed by atoms with E-state index in [4.69, 9.17) is 10.5 Å². The van der Waals surface area contributed by atoms with Crippen molar-refractivity contribution in [3.05, 3.63) is 65.9 Å². The van der Waals surface area contributed by atoms with E-state index in [1.807, 2.05) is 35.9 Å². The molecule has 2 aromatic carbocycles. The Morgan fingerprint density at radius 1 is 1.07 bits per heavy atom. The van der Waals surface area contributed by atoms with E-state index >= 15 is 0 Å². The summed E-state index contributed by atoms with van der Waals surface area (Å²) < 4.78 is 7.15. The molecule has 0 saturated carbocycles. The van der Waals surface area contributed by atoms with E-state index in [2.05, 4.69) is 5.32 Å². The lowest BCUT2D eigenvalue weighted by atomic mass is 10.2. The van der Waals surface area contributed by atoms with Gasteiger partial charge in [-0.15, -0.1) is 0 Å². The number of nitrogens with one attached hydrogen (secondary N) is 1. The van der Waals surface area contributed by atoms with Crippen LogP contribution in [0, 0.1) is 0 Å². The number of benzene rings is 2. The standard InChI is InChI=1S/C20H19N3O4/c1-12(19(25)22-14-9-7-13(8-10-14)18(21)24)27-20(26)16-11-23(2)17-6-4-3-5-15(16)17/h3-12H,1-2H3,(H2,21,24)(H,22,25). The molecular weight excluding hydrogens is 346 g/mol. The van der Waals surface area contributed by atoms with Crippen LogP contribution >= 0.6 is 0 Å². The lowest BCUT2D eigenvalue weighted by molar-refractivity contribution is -0.123. The number of hydrogen-bond donors (Lipinski definition) is 2. The molecule has 1 atom stereocenters. The first-order valence-corrected chi connectivity index (χ1v) is 8.32. The zero-order valence-electron chi connectivity index (χ0n) is 14.9. The van der Waals surface area contributed by atoms with Crippen LogP contribution in [0.1, 0.15) is 27.6 Å². The smallest absolute Gasteiger partial charge is 0.341 e. The fourth-order valence-electron chi connectivity index (χ4n) is 2.74. The number of anilines is 1. The molecule has 7 nitrogen and oxygen atoms in total. The first kappa shape index (κ1) is 18.2. The van der Waals surface area contributed by atoms with E-state index < -0.39 is 23.9 Å². The predicted molar refractivity (Wildman–Crippen MR) is 101 cm³/mol. The van der Waals surface area contributed by atoms with Crippen LogP contribution in [0.3, 0.4) is 0 Å². The number of hydrogen-bond acceptors (Lipinski definition) is 4. The van der Waals surface area contributed by atoms with Crippen molar-refractivity contribution in [2.45, 2.75) is 13.0 Å². The summed E-state index contributed by atoms with van der Waals surface area (Å²) in [6, 6.07) is 13.6. The molecule has 0 fully saturated rings. The minimum Gasteiger partial charge on any atom is -0.449 e. The number of para-hydroxylation sites is 1. The van der Waals surface area contributed by atoms with Gasteiger partial charge >= 0.3 is 5.97 Å². The highest BCUT2D eigenvalue weighted by Crippen LogP contribution is 2.21. The highest BCUT2D eigenvalue weighted by atomic mass is 16.5. The molecule has 3 rings (SSSR count). The summed E-state index contributed by atoms with van der Waals surface area (Å²) in [5.41, 5.74) is 7.29. The summed E-state index contributed by atoms with van der Waals surface area (Å²) in [5.74, 6) is -1.60. The zero-order chi connectivity index (χ0) is 19.6. The summed E-state index contributed by atoms with van der Waals surface area (Å²) in [7, 11) is 1.84. The Morgan fingerprint density at radius 3 is 2.41 bits per heavy atom. The van der Waals surface area contributed by atoms with Crippen LogP contribution in [0.25, 0.3) is 10.9 Å². The number of rotatable bonds is 5. The largest absolute Gasteiger partial charge is 0.449 e. The van der Waals surface area contributed by atoms with E-state index in [1.165, 1.54) is 19.1 Å². The fraction of sp³-hybridized carbons (Fsp3) is 0.150. The lowest BCUT2D eigenvalue weighted by Gasteiger charge is -2.13. The molecule has 0 radical (unpaired) electrons. The molecule has 7 heteroatoms. The predicted octanol–water partition coefficient (Wildman–Crippen LogP) is 2.46. The first-order valence-electron chi connectivity index (χ1n) is 8.32. The van der Waals surface area contributed by atoms with Gasteiger partial charge in [-0.05, 0) is 37.3 Å². The van der Waals surface area contributed by atoms with Gasteiger partial charge in [0.1, 0.15) is 0 Å². The molecule has 0 aliphatic carbocycles. The van der Waals surface area contributed by atoms with E-state index in [0.717, 1.165) is 10.9 Å². The Labute approximate surface area is 155 Å². The summed E-state index contributed by atoms with van der Waals surface area (Å²) in [5, 5.41) is 3.40. The number of fused-ring (bicyclic) bond motifs is 1. The van der Waals surface area contributed by atoms with Crippen molar-refractivity contribution in [2.75, 3.05) is 5.32 Å². The first-order chi connectivity index (χ1) is 12.9. The molecule has 1 aromatic heterocycles. The molecule has 27 heavy (non-hydrogen) atoms. The molecule has 138 valence electrons.